The monoisotopic (exact) mass is 581 g/mol. The van der Waals surface area contributed by atoms with Crippen LogP contribution >= 0.6 is 0 Å². The van der Waals surface area contributed by atoms with Crippen molar-refractivity contribution < 1.29 is 29.3 Å². The summed E-state index contributed by atoms with van der Waals surface area (Å²) in [5, 5.41) is 18.6. The SMILES string of the molecule is CCCCCCCCC#Cc1ccc(CN(Cc2ccc(OCC(=O)O)c(C(=O)O)c2)C(=O)C=Cc2ccccc2)cc1. The van der Waals surface area contributed by atoms with Crippen LogP contribution in [-0.4, -0.2) is 39.6 Å². The van der Waals surface area contributed by atoms with Crippen molar-refractivity contribution in [3.63, 3.8) is 0 Å². The molecule has 0 unspecified atom stereocenters. The van der Waals surface area contributed by atoms with Gasteiger partial charge in [0, 0.05) is 31.1 Å². The number of benzene rings is 3. The third-order valence-electron chi connectivity index (χ3n) is 6.74. The first kappa shape index (κ1) is 32.7. The fourth-order valence-electron chi connectivity index (χ4n) is 4.45. The van der Waals surface area contributed by atoms with E-state index in [0.29, 0.717) is 12.1 Å². The zero-order valence-electron chi connectivity index (χ0n) is 24.6. The third kappa shape index (κ3) is 11.9. The Kier molecular flexibility index (Phi) is 13.6. The first-order valence-corrected chi connectivity index (χ1v) is 14.7. The average molecular weight is 582 g/mol. The molecule has 0 fully saturated rings. The van der Waals surface area contributed by atoms with Crippen LogP contribution < -0.4 is 4.74 Å². The number of nitrogens with zero attached hydrogens (tertiary/aromatic N) is 1. The van der Waals surface area contributed by atoms with Crippen LogP contribution in [0.2, 0.25) is 0 Å². The van der Waals surface area contributed by atoms with Crippen LogP contribution in [0.15, 0.2) is 78.9 Å². The van der Waals surface area contributed by atoms with Crippen molar-refractivity contribution in [2.24, 2.45) is 0 Å². The number of rotatable bonds is 16. The lowest BCUT2D eigenvalue weighted by Gasteiger charge is -2.22. The number of hydrogen-bond acceptors (Lipinski definition) is 4. The van der Waals surface area contributed by atoms with Gasteiger partial charge in [-0.3, -0.25) is 4.79 Å². The molecule has 0 bridgehead atoms. The fourth-order valence-corrected chi connectivity index (χ4v) is 4.45. The minimum Gasteiger partial charge on any atom is -0.481 e. The van der Waals surface area contributed by atoms with Crippen LogP contribution in [0.25, 0.3) is 6.08 Å². The number of amides is 1. The van der Waals surface area contributed by atoms with Crippen molar-refractivity contribution in [2.45, 2.75) is 65.0 Å². The first-order valence-electron chi connectivity index (χ1n) is 14.7. The van der Waals surface area contributed by atoms with Crippen molar-refractivity contribution in [2.75, 3.05) is 6.61 Å². The minimum absolute atomic E-state index is 0.0475. The number of ether oxygens (including phenoxy) is 1. The normalized spacial score (nSPS) is 10.6. The van der Waals surface area contributed by atoms with Crippen molar-refractivity contribution >= 4 is 23.9 Å². The Balaban J connectivity index is 1.73. The van der Waals surface area contributed by atoms with Gasteiger partial charge < -0.3 is 19.8 Å². The van der Waals surface area contributed by atoms with Crippen molar-refractivity contribution in [1.29, 1.82) is 0 Å². The van der Waals surface area contributed by atoms with Gasteiger partial charge in [0.2, 0.25) is 5.91 Å². The lowest BCUT2D eigenvalue weighted by molar-refractivity contribution is -0.139. The molecule has 43 heavy (non-hydrogen) atoms. The summed E-state index contributed by atoms with van der Waals surface area (Å²) in [6.45, 7) is 1.99. The van der Waals surface area contributed by atoms with Gasteiger partial charge in [-0.25, -0.2) is 9.59 Å². The van der Waals surface area contributed by atoms with Gasteiger partial charge in [-0.05, 0) is 53.5 Å². The third-order valence-corrected chi connectivity index (χ3v) is 6.74. The average Bonchev–Trinajstić information content (AvgIpc) is 3.01. The van der Waals surface area contributed by atoms with Gasteiger partial charge in [-0.1, -0.05) is 99.4 Å². The lowest BCUT2D eigenvalue weighted by Crippen LogP contribution is -2.28. The molecular weight excluding hydrogens is 542 g/mol. The van der Waals surface area contributed by atoms with Gasteiger partial charge in [-0.15, -0.1) is 0 Å². The highest BCUT2D eigenvalue weighted by Gasteiger charge is 2.17. The predicted molar refractivity (Wildman–Crippen MR) is 168 cm³/mol. The number of unbranched alkanes of at least 4 members (excludes halogenated alkanes) is 6. The molecule has 2 N–H and O–H groups in total. The minimum atomic E-state index is -1.25. The summed E-state index contributed by atoms with van der Waals surface area (Å²) in [6.07, 6.45) is 11.5. The molecule has 1 amide bonds. The van der Waals surface area contributed by atoms with Crippen molar-refractivity contribution in [1.82, 2.24) is 4.90 Å². The number of carboxylic acids is 2. The highest BCUT2D eigenvalue weighted by atomic mass is 16.5. The van der Waals surface area contributed by atoms with Gasteiger partial charge >= 0.3 is 11.9 Å². The summed E-state index contributed by atoms with van der Waals surface area (Å²) in [5.74, 6) is 3.73. The predicted octanol–water partition coefficient (Wildman–Crippen LogP) is 7.19. The summed E-state index contributed by atoms with van der Waals surface area (Å²) < 4.78 is 5.14. The molecule has 0 aliphatic heterocycles. The Labute approximate surface area is 253 Å². The second kappa shape index (κ2) is 17.9. The van der Waals surface area contributed by atoms with Crippen LogP contribution in [0.5, 0.6) is 5.75 Å². The smallest absolute Gasteiger partial charge is 0.341 e. The molecule has 0 saturated carbocycles. The maximum Gasteiger partial charge on any atom is 0.341 e. The summed E-state index contributed by atoms with van der Waals surface area (Å²) >= 11 is 0. The Morgan fingerprint density at radius 2 is 1.51 bits per heavy atom. The molecule has 7 nitrogen and oxygen atoms in total. The van der Waals surface area contributed by atoms with E-state index in [-0.39, 0.29) is 23.8 Å². The zero-order chi connectivity index (χ0) is 30.9. The number of aliphatic carboxylic acids is 1. The largest absolute Gasteiger partial charge is 0.481 e. The van der Waals surface area contributed by atoms with E-state index in [1.807, 2.05) is 54.6 Å². The number of carbonyl (C=O) groups excluding carboxylic acids is 1. The molecule has 7 heteroatoms. The van der Waals surface area contributed by atoms with E-state index < -0.39 is 18.5 Å². The fraction of sp³-hybridized carbons (Fsp3) is 0.306. The molecule has 224 valence electrons. The molecule has 0 aliphatic rings. The summed E-state index contributed by atoms with van der Waals surface area (Å²) in [7, 11) is 0. The lowest BCUT2D eigenvalue weighted by atomic mass is 10.1. The Hall–Kier alpha value is -4.83. The van der Waals surface area contributed by atoms with E-state index >= 15 is 0 Å². The quantitative estimate of drug-likeness (QED) is 0.105. The molecule has 0 aliphatic carbocycles. The highest BCUT2D eigenvalue weighted by molar-refractivity contribution is 5.92. The number of aromatic carboxylic acids is 1. The summed E-state index contributed by atoms with van der Waals surface area (Å²) in [4.78, 5) is 37.7. The van der Waals surface area contributed by atoms with E-state index in [2.05, 4.69) is 18.8 Å². The summed E-state index contributed by atoms with van der Waals surface area (Å²) in [6, 6.07) is 21.7. The highest BCUT2D eigenvalue weighted by Crippen LogP contribution is 2.22. The Morgan fingerprint density at radius 1 is 0.837 bits per heavy atom. The van der Waals surface area contributed by atoms with Gasteiger partial charge in [-0.2, -0.15) is 0 Å². The van der Waals surface area contributed by atoms with Crippen LogP contribution in [0.4, 0.5) is 0 Å². The molecular formula is C36H39NO6. The van der Waals surface area contributed by atoms with Crippen LogP contribution in [-0.2, 0) is 22.7 Å². The molecule has 3 rings (SSSR count). The molecule has 0 atom stereocenters. The molecule has 0 saturated heterocycles. The zero-order valence-corrected chi connectivity index (χ0v) is 24.6. The first-order chi connectivity index (χ1) is 20.9. The maximum atomic E-state index is 13.4. The molecule has 3 aromatic carbocycles. The Bertz CT molecular complexity index is 1430. The van der Waals surface area contributed by atoms with Crippen LogP contribution in [0, 0.1) is 11.8 Å². The summed E-state index contributed by atoms with van der Waals surface area (Å²) in [5.41, 5.74) is 3.10. The van der Waals surface area contributed by atoms with Crippen LogP contribution in [0.1, 0.15) is 84.5 Å². The standard InChI is InChI=1S/C36H39NO6/c1-2-3-4-5-6-7-8-10-15-29-16-18-30(19-17-29)25-37(34(38)23-21-28-13-11-9-12-14-28)26-31-20-22-33(43-27-35(39)40)32(24-31)36(41)42/h9,11-14,16-24H,2-8,25-27H2,1H3,(H,39,40)(H,41,42). The van der Waals surface area contributed by atoms with E-state index in [9.17, 15) is 19.5 Å². The molecule has 3 aromatic rings. The van der Waals surface area contributed by atoms with Gasteiger partial charge in [0.25, 0.3) is 0 Å². The van der Waals surface area contributed by atoms with Gasteiger partial charge in [0.05, 0.1) is 0 Å². The molecule has 0 spiro atoms. The Morgan fingerprint density at radius 3 is 2.21 bits per heavy atom. The second-order valence-electron chi connectivity index (χ2n) is 10.3. The van der Waals surface area contributed by atoms with E-state index in [0.717, 1.165) is 29.5 Å². The van der Waals surface area contributed by atoms with Crippen molar-refractivity contribution in [3.05, 3.63) is 107 Å². The van der Waals surface area contributed by atoms with E-state index in [1.165, 1.54) is 50.3 Å². The number of carbonyl (C=O) groups is 3. The van der Waals surface area contributed by atoms with Crippen molar-refractivity contribution in [3.8, 4) is 17.6 Å². The van der Waals surface area contributed by atoms with Gasteiger partial charge in [0.15, 0.2) is 6.61 Å². The maximum absolute atomic E-state index is 13.4. The molecule has 0 heterocycles. The molecule has 0 aromatic heterocycles. The van der Waals surface area contributed by atoms with E-state index in [1.54, 1.807) is 17.0 Å². The number of carboxylic acid groups (broad SMARTS) is 2. The van der Waals surface area contributed by atoms with Gasteiger partial charge in [0.1, 0.15) is 11.3 Å². The van der Waals surface area contributed by atoms with Crippen LogP contribution in [0.3, 0.4) is 0 Å². The second-order valence-corrected chi connectivity index (χ2v) is 10.3. The van der Waals surface area contributed by atoms with E-state index in [4.69, 9.17) is 9.84 Å². The topological polar surface area (TPSA) is 104 Å². The number of hydrogen-bond donors (Lipinski definition) is 2. The molecule has 0 radical (unpaired) electrons.